The van der Waals surface area contributed by atoms with E-state index < -0.39 is 0 Å². The SMILES string of the molecule is N=C1CCCC=C1C1CC1. The molecule has 1 N–H and O–H groups in total. The lowest BCUT2D eigenvalue weighted by Crippen LogP contribution is -2.07. The van der Waals surface area contributed by atoms with E-state index >= 15 is 0 Å². The molecule has 1 saturated carbocycles. The highest BCUT2D eigenvalue weighted by atomic mass is 14.5. The van der Waals surface area contributed by atoms with Crippen molar-refractivity contribution in [3.05, 3.63) is 11.6 Å². The first-order valence-corrected chi connectivity index (χ1v) is 4.16. The molecule has 10 heavy (non-hydrogen) atoms. The summed E-state index contributed by atoms with van der Waals surface area (Å²) in [5.41, 5.74) is 2.31. The van der Waals surface area contributed by atoms with Gasteiger partial charge in [0.25, 0.3) is 0 Å². The van der Waals surface area contributed by atoms with Crippen molar-refractivity contribution < 1.29 is 0 Å². The molecule has 2 rings (SSSR count). The van der Waals surface area contributed by atoms with E-state index in [0.717, 1.165) is 18.1 Å². The highest BCUT2D eigenvalue weighted by Gasteiger charge is 2.28. The molecule has 1 heteroatoms. The fourth-order valence-electron chi connectivity index (χ4n) is 1.61. The molecule has 0 aromatic heterocycles. The minimum Gasteiger partial charge on any atom is -0.305 e. The first-order valence-electron chi connectivity index (χ1n) is 4.16. The molecule has 0 aromatic carbocycles. The summed E-state index contributed by atoms with van der Waals surface area (Å²) in [6.07, 6.45) is 8.41. The zero-order chi connectivity index (χ0) is 6.97. The Morgan fingerprint density at radius 3 is 2.80 bits per heavy atom. The molecular weight excluding hydrogens is 122 g/mol. The fourth-order valence-corrected chi connectivity index (χ4v) is 1.61. The number of allylic oxidation sites excluding steroid dienone is 2. The van der Waals surface area contributed by atoms with E-state index in [1.165, 1.54) is 31.3 Å². The Labute approximate surface area is 61.6 Å². The molecule has 0 heterocycles. The van der Waals surface area contributed by atoms with Crippen LogP contribution in [-0.4, -0.2) is 5.71 Å². The van der Waals surface area contributed by atoms with Crippen molar-refractivity contribution >= 4 is 5.71 Å². The van der Waals surface area contributed by atoms with Crippen LogP contribution in [0.2, 0.25) is 0 Å². The van der Waals surface area contributed by atoms with Crippen molar-refractivity contribution in [2.45, 2.75) is 32.1 Å². The van der Waals surface area contributed by atoms with Crippen molar-refractivity contribution in [2.24, 2.45) is 5.92 Å². The summed E-state index contributed by atoms with van der Waals surface area (Å²) >= 11 is 0. The summed E-state index contributed by atoms with van der Waals surface area (Å²) in [6.45, 7) is 0. The van der Waals surface area contributed by atoms with Gasteiger partial charge in [-0.3, -0.25) is 0 Å². The lowest BCUT2D eigenvalue weighted by molar-refractivity contribution is 0.837. The van der Waals surface area contributed by atoms with Gasteiger partial charge in [-0.2, -0.15) is 0 Å². The van der Waals surface area contributed by atoms with E-state index in [1.54, 1.807) is 0 Å². The molecule has 0 saturated heterocycles. The maximum Gasteiger partial charge on any atom is 0.0345 e. The third-order valence-corrected chi connectivity index (χ3v) is 2.36. The quantitative estimate of drug-likeness (QED) is 0.571. The van der Waals surface area contributed by atoms with Crippen LogP contribution in [0.25, 0.3) is 0 Å². The van der Waals surface area contributed by atoms with Crippen LogP contribution in [0, 0.1) is 11.3 Å². The minimum atomic E-state index is 0.799. The van der Waals surface area contributed by atoms with Gasteiger partial charge in [0.1, 0.15) is 0 Å². The van der Waals surface area contributed by atoms with Crippen LogP contribution in [0.3, 0.4) is 0 Å². The van der Waals surface area contributed by atoms with Gasteiger partial charge in [-0.1, -0.05) is 6.08 Å². The summed E-state index contributed by atoms with van der Waals surface area (Å²) in [4.78, 5) is 0. The summed E-state index contributed by atoms with van der Waals surface area (Å²) < 4.78 is 0. The van der Waals surface area contributed by atoms with Crippen molar-refractivity contribution in [3.8, 4) is 0 Å². The van der Waals surface area contributed by atoms with Crippen molar-refractivity contribution in [2.75, 3.05) is 0 Å². The summed E-state index contributed by atoms with van der Waals surface area (Å²) in [6, 6.07) is 0. The third-order valence-electron chi connectivity index (χ3n) is 2.36. The van der Waals surface area contributed by atoms with Gasteiger partial charge in [-0.25, -0.2) is 0 Å². The standard InChI is InChI=1S/C9H13N/c10-9-4-2-1-3-8(9)7-5-6-7/h3,7,10H,1-2,4-6H2. The minimum absolute atomic E-state index is 0.799. The summed E-state index contributed by atoms with van der Waals surface area (Å²) in [5, 5.41) is 7.65. The van der Waals surface area contributed by atoms with Gasteiger partial charge < -0.3 is 5.41 Å². The first kappa shape index (κ1) is 6.14. The molecule has 1 nitrogen and oxygen atoms in total. The molecular formula is C9H13N. The largest absolute Gasteiger partial charge is 0.305 e. The second kappa shape index (κ2) is 2.22. The van der Waals surface area contributed by atoms with E-state index in [2.05, 4.69) is 6.08 Å². The molecule has 54 valence electrons. The van der Waals surface area contributed by atoms with Gasteiger partial charge in [0, 0.05) is 5.71 Å². The highest BCUT2D eigenvalue weighted by molar-refractivity contribution is 5.99. The van der Waals surface area contributed by atoms with Crippen LogP contribution in [0.1, 0.15) is 32.1 Å². The fraction of sp³-hybridized carbons (Fsp3) is 0.667. The second-order valence-corrected chi connectivity index (χ2v) is 3.30. The molecule has 0 spiro atoms. The van der Waals surface area contributed by atoms with E-state index in [1.807, 2.05) is 0 Å². The number of hydrogen-bond acceptors (Lipinski definition) is 1. The van der Waals surface area contributed by atoms with Gasteiger partial charge >= 0.3 is 0 Å². The van der Waals surface area contributed by atoms with Crippen LogP contribution in [0.5, 0.6) is 0 Å². The van der Waals surface area contributed by atoms with Crippen LogP contribution in [0.15, 0.2) is 11.6 Å². The van der Waals surface area contributed by atoms with Crippen molar-refractivity contribution in [3.63, 3.8) is 0 Å². The van der Waals surface area contributed by atoms with E-state index in [4.69, 9.17) is 5.41 Å². The smallest absolute Gasteiger partial charge is 0.0345 e. The van der Waals surface area contributed by atoms with Gasteiger partial charge in [-0.05, 0) is 43.6 Å². The molecule has 0 aromatic rings. The zero-order valence-electron chi connectivity index (χ0n) is 6.19. The van der Waals surface area contributed by atoms with Crippen LogP contribution in [-0.2, 0) is 0 Å². The Hall–Kier alpha value is -0.590. The normalized spacial score (nSPS) is 26.4. The zero-order valence-corrected chi connectivity index (χ0v) is 6.19. The van der Waals surface area contributed by atoms with Gasteiger partial charge in [0.2, 0.25) is 0 Å². The predicted octanol–water partition coefficient (Wildman–Crippen LogP) is 2.53. The van der Waals surface area contributed by atoms with E-state index in [-0.39, 0.29) is 0 Å². The van der Waals surface area contributed by atoms with Crippen LogP contribution >= 0.6 is 0 Å². The monoisotopic (exact) mass is 135 g/mol. The average Bonchev–Trinajstić information content (AvgIpc) is 2.71. The Kier molecular flexibility index (Phi) is 1.37. The molecule has 0 radical (unpaired) electrons. The average molecular weight is 135 g/mol. The Balaban J connectivity index is 2.14. The van der Waals surface area contributed by atoms with Gasteiger partial charge in [-0.15, -0.1) is 0 Å². The summed E-state index contributed by atoms with van der Waals surface area (Å²) in [7, 11) is 0. The number of nitrogens with one attached hydrogen (secondary N) is 1. The second-order valence-electron chi connectivity index (χ2n) is 3.30. The van der Waals surface area contributed by atoms with Gasteiger partial charge in [0.05, 0.1) is 0 Å². The van der Waals surface area contributed by atoms with Crippen LogP contribution in [0.4, 0.5) is 0 Å². The third kappa shape index (κ3) is 1.00. The Bertz CT molecular complexity index is 187. The molecule has 0 unspecified atom stereocenters. The lowest BCUT2D eigenvalue weighted by atomic mass is 9.94. The number of rotatable bonds is 1. The lowest BCUT2D eigenvalue weighted by Gasteiger charge is -2.12. The predicted molar refractivity (Wildman–Crippen MR) is 42.4 cm³/mol. The molecule has 0 aliphatic heterocycles. The molecule has 1 fully saturated rings. The molecule has 2 aliphatic carbocycles. The van der Waals surface area contributed by atoms with E-state index in [0.29, 0.717) is 0 Å². The summed E-state index contributed by atoms with van der Waals surface area (Å²) in [5.74, 6) is 0.799. The Morgan fingerprint density at radius 1 is 1.40 bits per heavy atom. The molecule has 0 amide bonds. The molecule has 0 bridgehead atoms. The Morgan fingerprint density at radius 2 is 2.20 bits per heavy atom. The maximum atomic E-state index is 7.65. The van der Waals surface area contributed by atoms with Crippen molar-refractivity contribution in [1.29, 1.82) is 5.41 Å². The van der Waals surface area contributed by atoms with Gasteiger partial charge in [0.15, 0.2) is 0 Å². The number of hydrogen-bond donors (Lipinski definition) is 1. The van der Waals surface area contributed by atoms with Crippen molar-refractivity contribution in [1.82, 2.24) is 0 Å². The topological polar surface area (TPSA) is 23.9 Å². The molecule has 2 aliphatic rings. The van der Waals surface area contributed by atoms with E-state index in [9.17, 15) is 0 Å². The first-order chi connectivity index (χ1) is 4.88. The maximum absolute atomic E-state index is 7.65. The highest BCUT2D eigenvalue weighted by Crippen LogP contribution is 2.39. The molecule has 0 atom stereocenters. The van der Waals surface area contributed by atoms with Crippen LogP contribution < -0.4 is 0 Å².